The molecule has 3 atom stereocenters. The van der Waals surface area contributed by atoms with Crippen LogP contribution < -0.4 is 11.1 Å². The molecule has 9 nitrogen and oxygen atoms in total. The molecule has 12 heteroatoms. The van der Waals surface area contributed by atoms with E-state index in [1.165, 1.54) is 23.1 Å². The van der Waals surface area contributed by atoms with Gasteiger partial charge in [0.2, 0.25) is 26.6 Å². The van der Waals surface area contributed by atoms with Crippen LogP contribution >= 0.6 is 23.2 Å². The largest absolute Gasteiger partial charge is 0.334 e. The molecule has 34 heavy (non-hydrogen) atoms. The maximum absolute atomic E-state index is 14.2. The molecule has 3 N–H and O–H groups in total. The summed E-state index contributed by atoms with van der Waals surface area (Å²) in [7, 11) is -4.36. The molecule has 4 rings (SSSR count). The van der Waals surface area contributed by atoms with Crippen LogP contribution in [0.25, 0.3) is 0 Å². The zero-order chi connectivity index (χ0) is 24.8. The van der Waals surface area contributed by atoms with Gasteiger partial charge in [0, 0.05) is 36.4 Å². The molecule has 0 radical (unpaired) electrons. The summed E-state index contributed by atoms with van der Waals surface area (Å²) in [6.07, 6.45) is 3.24. The minimum atomic E-state index is -4.36. The number of benzene rings is 1. The van der Waals surface area contributed by atoms with Crippen LogP contribution in [0.15, 0.2) is 47.6 Å². The van der Waals surface area contributed by atoms with Gasteiger partial charge in [0.15, 0.2) is 0 Å². The highest BCUT2D eigenvalue weighted by Crippen LogP contribution is 2.40. The van der Waals surface area contributed by atoms with Gasteiger partial charge >= 0.3 is 0 Å². The minimum absolute atomic E-state index is 0.0711. The molecule has 3 unspecified atom stereocenters. The smallest absolute Gasteiger partial charge is 0.246 e. The van der Waals surface area contributed by atoms with Gasteiger partial charge in [-0.2, -0.15) is 0 Å². The van der Waals surface area contributed by atoms with Crippen LogP contribution in [0, 0.1) is 0 Å². The van der Waals surface area contributed by atoms with E-state index in [-0.39, 0.29) is 46.4 Å². The van der Waals surface area contributed by atoms with Crippen LogP contribution in [0.4, 0.5) is 0 Å². The molecule has 2 amide bonds. The van der Waals surface area contributed by atoms with Crippen molar-refractivity contribution in [2.45, 2.75) is 48.3 Å². The number of nitrogens with zero attached hydrogens (tertiary/aromatic N) is 3. The van der Waals surface area contributed by atoms with Gasteiger partial charge in [0.25, 0.3) is 0 Å². The first-order chi connectivity index (χ1) is 16.0. The molecule has 0 bridgehead atoms. The maximum atomic E-state index is 14.2. The molecule has 2 saturated heterocycles. The van der Waals surface area contributed by atoms with Gasteiger partial charge < -0.3 is 10.6 Å². The summed E-state index contributed by atoms with van der Waals surface area (Å²) in [6.45, 7) is 3.22. The summed E-state index contributed by atoms with van der Waals surface area (Å²) >= 11 is 12.3. The number of sulfone groups is 1. The second kappa shape index (κ2) is 9.09. The predicted octanol–water partition coefficient (Wildman–Crippen LogP) is 1.44. The van der Waals surface area contributed by atoms with E-state index >= 15 is 0 Å². The molecule has 1 aromatic heterocycles. The van der Waals surface area contributed by atoms with Gasteiger partial charge in [0.05, 0.1) is 22.5 Å². The quantitative estimate of drug-likeness (QED) is 0.604. The standard InChI is InChI=1S/C22H25Cl2N5O4S/c1-13(2)28-12-22(34(32,33)19-6-5-15(23)9-16(19)24)27-11-17(25)20(30)29(22)18(21(28)31)8-14-4-3-7-26-10-14/h3-7,9-10,13,17-18,27H,8,11-12,25H2,1-2H3. The summed E-state index contributed by atoms with van der Waals surface area (Å²) < 4.78 is 28.5. The number of hydrogen-bond acceptors (Lipinski definition) is 7. The van der Waals surface area contributed by atoms with Crippen LogP contribution in [0.5, 0.6) is 0 Å². The number of hydrogen-bond donors (Lipinski definition) is 2. The molecule has 2 aliphatic heterocycles. The highest BCUT2D eigenvalue weighted by atomic mass is 35.5. The van der Waals surface area contributed by atoms with Crippen LogP contribution in [-0.2, 0) is 25.8 Å². The molecule has 2 aliphatic rings. The Morgan fingerprint density at radius 3 is 2.59 bits per heavy atom. The summed E-state index contributed by atoms with van der Waals surface area (Å²) in [4.78, 5) is 31.6. The highest BCUT2D eigenvalue weighted by Gasteiger charge is 2.63. The van der Waals surface area contributed by atoms with Crippen LogP contribution in [0.3, 0.4) is 0 Å². The van der Waals surface area contributed by atoms with E-state index in [2.05, 4.69) is 10.3 Å². The lowest BCUT2D eigenvalue weighted by Gasteiger charge is -2.56. The second-order valence-electron chi connectivity index (χ2n) is 8.70. The van der Waals surface area contributed by atoms with Gasteiger partial charge in [0.1, 0.15) is 6.04 Å². The van der Waals surface area contributed by atoms with Crippen molar-refractivity contribution in [1.82, 2.24) is 20.1 Å². The summed E-state index contributed by atoms with van der Waals surface area (Å²) in [5.74, 6) is -0.991. The third-order valence-corrected chi connectivity index (χ3v) is 9.16. The number of carbonyl (C=O) groups is 2. The van der Waals surface area contributed by atoms with E-state index in [1.54, 1.807) is 38.4 Å². The summed E-state index contributed by atoms with van der Waals surface area (Å²) in [6, 6.07) is 5.07. The monoisotopic (exact) mass is 525 g/mol. The lowest BCUT2D eigenvalue weighted by molar-refractivity contribution is -0.166. The Bertz CT molecular complexity index is 1230. The van der Waals surface area contributed by atoms with Crippen molar-refractivity contribution in [3.8, 4) is 0 Å². The lowest BCUT2D eigenvalue weighted by Crippen LogP contribution is -2.83. The van der Waals surface area contributed by atoms with E-state index in [9.17, 15) is 18.0 Å². The van der Waals surface area contributed by atoms with E-state index in [1.807, 2.05) is 0 Å². The van der Waals surface area contributed by atoms with Crippen molar-refractivity contribution < 1.29 is 18.0 Å². The molecular weight excluding hydrogens is 501 g/mol. The number of rotatable bonds is 5. The first-order valence-corrected chi connectivity index (χ1v) is 13.0. The van der Waals surface area contributed by atoms with Crippen molar-refractivity contribution in [1.29, 1.82) is 0 Å². The predicted molar refractivity (Wildman–Crippen MR) is 128 cm³/mol. The average Bonchev–Trinajstić information content (AvgIpc) is 2.78. The third-order valence-electron chi connectivity index (χ3n) is 6.21. The molecule has 0 saturated carbocycles. The Balaban J connectivity index is 1.93. The number of piperazine rings is 1. The Morgan fingerprint density at radius 1 is 1.24 bits per heavy atom. The Hall–Kier alpha value is -2.24. The lowest BCUT2D eigenvalue weighted by atomic mass is 9.97. The van der Waals surface area contributed by atoms with Crippen LogP contribution in [0.1, 0.15) is 19.4 Å². The Kier molecular flexibility index (Phi) is 6.65. The molecule has 1 aromatic carbocycles. The topological polar surface area (TPSA) is 126 Å². The van der Waals surface area contributed by atoms with E-state index in [4.69, 9.17) is 28.9 Å². The van der Waals surface area contributed by atoms with Gasteiger partial charge in [-0.15, -0.1) is 0 Å². The van der Waals surface area contributed by atoms with Crippen LogP contribution in [-0.4, -0.2) is 71.2 Å². The van der Waals surface area contributed by atoms with Gasteiger partial charge in [-0.1, -0.05) is 29.3 Å². The van der Waals surface area contributed by atoms with Crippen molar-refractivity contribution in [3.63, 3.8) is 0 Å². The first-order valence-electron chi connectivity index (χ1n) is 10.7. The van der Waals surface area contributed by atoms with Crippen molar-refractivity contribution in [3.05, 3.63) is 58.3 Å². The number of aromatic nitrogens is 1. The summed E-state index contributed by atoms with van der Waals surface area (Å²) in [5, 5.41) is 3.20. The highest BCUT2D eigenvalue weighted by molar-refractivity contribution is 7.93. The van der Waals surface area contributed by atoms with Gasteiger partial charge in [-0.05, 0) is 43.7 Å². The van der Waals surface area contributed by atoms with E-state index in [0.717, 1.165) is 4.90 Å². The molecule has 182 valence electrons. The number of carbonyl (C=O) groups excluding carboxylic acids is 2. The Morgan fingerprint density at radius 2 is 1.97 bits per heavy atom. The molecular formula is C22H25Cl2N5O4S. The van der Waals surface area contributed by atoms with E-state index in [0.29, 0.717) is 5.56 Å². The first kappa shape index (κ1) is 24.9. The normalized spacial score (nSPS) is 25.6. The fraction of sp³-hybridized carbons (Fsp3) is 0.409. The Labute approximate surface area is 208 Å². The summed E-state index contributed by atoms with van der Waals surface area (Å²) in [5.41, 5.74) is 6.72. The molecule has 0 aliphatic carbocycles. The second-order valence-corrected chi connectivity index (χ2v) is 11.7. The van der Waals surface area contributed by atoms with Gasteiger partial charge in [-0.25, -0.2) is 8.42 Å². The fourth-order valence-corrected chi connectivity index (χ4v) is 7.19. The minimum Gasteiger partial charge on any atom is -0.334 e. The number of amides is 2. The third kappa shape index (κ3) is 3.97. The maximum Gasteiger partial charge on any atom is 0.246 e. The number of halogens is 2. The molecule has 2 aromatic rings. The van der Waals surface area contributed by atoms with Crippen molar-refractivity contribution in [2.75, 3.05) is 13.1 Å². The number of nitrogens with two attached hydrogens (primary N) is 1. The average molecular weight is 526 g/mol. The van der Waals surface area contributed by atoms with Gasteiger partial charge in [-0.3, -0.25) is 24.8 Å². The van der Waals surface area contributed by atoms with Crippen molar-refractivity contribution in [2.24, 2.45) is 5.73 Å². The molecule has 0 spiro atoms. The number of pyridine rings is 1. The SMILES string of the molecule is CC(C)N1CC2(S(=O)(=O)c3ccc(Cl)cc3Cl)NCC(N)C(=O)N2C(Cc2cccnc2)C1=O. The number of nitrogens with one attached hydrogen (secondary N) is 1. The zero-order valence-electron chi connectivity index (χ0n) is 18.6. The van der Waals surface area contributed by atoms with E-state index < -0.39 is 32.8 Å². The van der Waals surface area contributed by atoms with Crippen molar-refractivity contribution >= 4 is 44.9 Å². The zero-order valence-corrected chi connectivity index (χ0v) is 20.9. The fourth-order valence-electron chi connectivity index (χ4n) is 4.49. The number of fused-ring (bicyclic) bond motifs is 1. The molecule has 3 heterocycles. The molecule has 2 fully saturated rings. The van der Waals surface area contributed by atoms with Crippen LogP contribution in [0.2, 0.25) is 10.0 Å².